The van der Waals surface area contributed by atoms with E-state index >= 15 is 0 Å². The number of aromatic nitrogens is 2. The van der Waals surface area contributed by atoms with Crippen molar-refractivity contribution in [1.29, 1.82) is 0 Å². The molecule has 0 saturated heterocycles. The number of hydrogen-bond acceptors (Lipinski definition) is 5. The van der Waals surface area contributed by atoms with Crippen molar-refractivity contribution < 1.29 is 41.8 Å². The number of hydrogen-bond donors (Lipinski definition) is 5. The summed E-state index contributed by atoms with van der Waals surface area (Å²) >= 11 is 0. The minimum Gasteiger partial charge on any atom is -0.482 e. The van der Waals surface area contributed by atoms with Gasteiger partial charge >= 0.3 is 18.2 Å². The van der Waals surface area contributed by atoms with Crippen LogP contribution in [0, 0.1) is 5.82 Å². The minimum absolute atomic E-state index is 0.0686. The molecule has 0 bridgehead atoms. The third-order valence-electron chi connectivity index (χ3n) is 4.21. The van der Waals surface area contributed by atoms with Crippen LogP contribution in [0.2, 0.25) is 0 Å². The fraction of sp³-hybridized carbons (Fsp3) is 0.100. The highest BCUT2D eigenvalue weighted by atomic mass is 19.4. The van der Waals surface area contributed by atoms with Crippen LogP contribution >= 0.6 is 0 Å². The third kappa shape index (κ3) is 5.79. The van der Waals surface area contributed by atoms with Crippen LogP contribution < -0.4 is 21.1 Å². The highest BCUT2D eigenvalue weighted by Gasteiger charge is 2.31. The zero-order valence-corrected chi connectivity index (χ0v) is 16.9. The number of anilines is 2. The summed E-state index contributed by atoms with van der Waals surface area (Å²) in [6.07, 6.45) is -4.76. The molecule has 3 aromatic rings. The number of nitrogens with one attached hydrogen (secondary N) is 3. The maximum absolute atomic E-state index is 13.9. The van der Waals surface area contributed by atoms with Crippen LogP contribution in [-0.2, 0) is 11.0 Å². The van der Waals surface area contributed by atoms with E-state index in [1.54, 1.807) is 0 Å². The zero-order valence-electron chi connectivity index (χ0n) is 16.9. The predicted octanol–water partition coefficient (Wildman–Crippen LogP) is 3.44. The van der Waals surface area contributed by atoms with E-state index in [2.05, 4.69) is 15.3 Å². The summed E-state index contributed by atoms with van der Waals surface area (Å²) in [6, 6.07) is 6.12. The molecule has 178 valence electrons. The van der Waals surface area contributed by atoms with Crippen molar-refractivity contribution in [3.05, 3.63) is 59.5 Å². The van der Waals surface area contributed by atoms with Gasteiger partial charge < -0.3 is 25.9 Å². The lowest BCUT2D eigenvalue weighted by atomic mass is 10.2. The molecule has 0 spiro atoms. The first-order chi connectivity index (χ1) is 15.9. The van der Waals surface area contributed by atoms with Crippen molar-refractivity contribution in [2.75, 3.05) is 17.2 Å². The molecular weight excluding hydrogens is 466 g/mol. The Morgan fingerprint density at radius 3 is 2.35 bits per heavy atom. The number of aromatic amines is 1. The molecule has 0 fully saturated rings. The van der Waals surface area contributed by atoms with Gasteiger partial charge in [0.15, 0.2) is 12.3 Å². The molecule has 10 nitrogen and oxygen atoms in total. The Kier molecular flexibility index (Phi) is 6.70. The van der Waals surface area contributed by atoms with Gasteiger partial charge in [-0.1, -0.05) is 0 Å². The average molecular weight is 481 g/mol. The summed E-state index contributed by atoms with van der Waals surface area (Å²) in [6.45, 7) is -0.554. The minimum atomic E-state index is -4.76. The van der Waals surface area contributed by atoms with Crippen LogP contribution in [-0.4, -0.2) is 39.6 Å². The largest absolute Gasteiger partial charge is 0.482 e. The smallest absolute Gasteiger partial charge is 0.416 e. The van der Waals surface area contributed by atoms with E-state index in [-0.39, 0.29) is 17.4 Å². The monoisotopic (exact) mass is 481 g/mol. The number of carbonyl (C=O) groups excluding carboxylic acids is 2. The van der Waals surface area contributed by atoms with Gasteiger partial charge in [0.2, 0.25) is 0 Å². The molecule has 0 unspecified atom stereocenters. The molecule has 0 radical (unpaired) electrons. The predicted molar refractivity (Wildman–Crippen MR) is 110 cm³/mol. The Morgan fingerprint density at radius 1 is 1.09 bits per heavy atom. The first-order valence-corrected chi connectivity index (χ1v) is 9.23. The number of primary amides is 1. The van der Waals surface area contributed by atoms with E-state index in [1.165, 1.54) is 24.3 Å². The standard InChI is InChI=1S/C20H15F4N5O5/c21-12-6-3-10(20(22,23)24)7-13(12)26-19(33)29-18-15(16(25)32)27-17(28-18)9-1-4-11(5-2-9)34-8-14(30)31/h1-7H,8H2,(H2,25,32)(H,27,28)(H,30,31)(H2,26,29,33). The summed E-state index contributed by atoms with van der Waals surface area (Å²) in [5.74, 6) is -3.30. The SMILES string of the molecule is NC(=O)c1nc(-c2ccc(OCC(=O)O)cc2)[nH]c1NC(=O)Nc1cc(C(F)(F)F)ccc1F. The van der Waals surface area contributed by atoms with Crippen molar-refractivity contribution in [3.63, 3.8) is 0 Å². The molecule has 0 aliphatic carbocycles. The molecule has 0 atom stereocenters. The Morgan fingerprint density at radius 2 is 1.76 bits per heavy atom. The van der Waals surface area contributed by atoms with Crippen molar-refractivity contribution >= 4 is 29.4 Å². The van der Waals surface area contributed by atoms with E-state index < -0.39 is 53.5 Å². The number of carbonyl (C=O) groups is 3. The number of nitrogens with zero attached hydrogens (tertiary/aromatic N) is 1. The number of carboxylic acid groups (broad SMARTS) is 1. The fourth-order valence-corrected chi connectivity index (χ4v) is 2.70. The summed E-state index contributed by atoms with van der Waals surface area (Å²) in [7, 11) is 0. The summed E-state index contributed by atoms with van der Waals surface area (Å²) in [5, 5.41) is 12.7. The number of imidazole rings is 1. The van der Waals surface area contributed by atoms with E-state index in [0.29, 0.717) is 23.8 Å². The highest BCUT2D eigenvalue weighted by molar-refractivity contribution is 6.04. The van der Waals surface area contributed by atoms with Gasteiger partial charge in [0.1, 0.15) is 23.2 Å². The van der Waals surface area contributed by atoms with Gasteiger partial charge in [0.05, 0.1) is 11.3 Å². The molecule has 34 heavy (non-hydrogen) atoms. The summed E-state index contributed by atoms with van der Waals surface area (Å²) in [4.78, 5) is 41.1. The van der Waals surface area contributed by atoms with Crippen molar-refractivity contribution in [1.82, 2.24) is 9.97 Å². The van der Waals surface area contributed by atoms with Crippen LogP contribution in [0.4, 0.5) is 33.9 Å². The number of ether oxygens (including phenoxy) is 1. The number of benzene rings is 2. The van der Waals surface area contributed by atoms with Gasteiger partial charge in [-0.05, 0) is 42.5 Å². The lowest BCUT2D eigenvalue weighted by Gasteiger charge is -2.11. The normalized spacial score (nSPS) is 11.1. The quantitative estimate of drug-likeness (QED) is 0.325. The summed E-state index contributed by atoms with van der Waals surface area (Å²) < 4.78 is 57.4. The second-order valence-electron chi connectivity index (χ2n) is 6.65. The van der Waals surface area contributed by atoms with E-state index in [4.69, 9.17) is 15.6 Å². The fourth-order valence-electron chi connectivity index (χ4n) is 2.70. The molecule has 3 rings (SSSR count). The molecule has 14 heteroatoms. The number of carboxylic acids is 1. The van der Waals surface area contributed by atoms with Crippen LogP contribution in [0.15, 0.2) is 42.5 Å². The van der Waals surface area contributed by atoms with Crippen molar-refractivity contribution in [2.24, 2.45) is 5.73 Å². The molecule has 0 aliphatic heterocycles. The Balaban J connectivity index is 1.79. The molecule has 0 saturated carbocycles. The van der Waals surface area contributed by atoms with E-state index in [9.17, 15) is 31.9 Å². The molecular formula is C20H15F4N5O5. The second-order valence-corrected chi connectivity index (χ2v) is 6.65. The van der Waals surface area contributed by atoms with Gasteiger partial charge in [-0.2, -0.15) is 13.2 Å². The molecule has 3 amide bonds. The molecule has 0 aliphatic rings. The number of alkyl halides is 3. The maximum atomic E-state index is 13.9. The van der Waals surface area contributed by atoms with Gasteiger partial charge in [-0.25, -0.2) is 19.0 Å². The zero-order chi connectivity index (χ0) is 25.0. The lowest BCUT2D eigenvalue weighted by Crippen LogP contribution is -2.23. The second kappa shape index (κ2) is 9.48. The number of aliphatic carboxylic acids is 1. The first-order valence-electron chi connectivity index (χ1n) is 9.23. The Labute approximate surface area is 187 Å². The highest BCUT2D eigenvalue weighted by Crippen LogP contribution is 2.32. The molecule has 1 heterocycles. The van der Waals surface area contributed by atoms with Gasteiger partial charge in [0.25, 0.3) is 5.91 Å². The number of nitrogens with two attached hydrogens (primary N) is 1. The summed E-state index contributed by atoms with van der Waals surface area (Å²) in [5.41, 5.74) is 3.33. The number of H-pyrrole nitrogens is 1. The third-order valence-corrected chi connectivity index (χ3v) is 4.21. The topological polar surface area (TPSA) is 159 Å². The molecule has 6 N–H and O–H groups in total. The van der Waals surface area contributed by atoms with Gasteiger partial charge in [0, 0.05) is 5.56 Å². The Hall–Kier alpha value is -4.62. The lowest BCUT2D eigenvalue weighted by molar-refractivity contribution is -0.139. The maximum Gasteiger partial charge on any atom is 0.416 e. The van der Waals surface area contributed by atoms with Crippen LogP contribution in [0.1, 0.15) is 16.1 Å². The number of rotatable bonds is 7. The number of urea groups is 1. The average Bonchev–Trinajstić information content (AvgIpc) is 3.17. The van der Waals surface area contributed by atoms with Crippen molar-refractivity contribution in [3.8, 4) is 17.1 Å². The molecule has 2 aromatic carbocycles. The first kappa shape index (κ1) is 24.0. The Bertz CT molecular complexity index is 1240. The number of amides is 3. The van der Waals surface area contributed by atoms with E-state index in [0.717, 1.165) is 0 Å². The van der Waals surface area contributed by atoms with Crippen molar-refractivity contribution in [2.45, 2.75) is 6.18 Å². The van der Waals surface area contributed by atoms with E-state index in [1.807, 2.05) is 5.32 Å². The molecule has 1 aromatic heterocycles. The van der Waals surface area contributed by atoms with Crippen LogP contribution in [0.25, 0.3) is 11.4 Å². The number of halogens is 4. The van der Waals surface area contributed by atoms with Crippen LogP contribution in [0.3, 0.4) is 0 Å². The van der Waals surface area contributed by atoms with Crippen LogP contribution in [0.5, 0.6) is 5.75 Å². The van der Waals surface area contributed by atoms with Gasteiger partial charge in [-0.15, -0.1) is 0 Å². The van der Waals surface area contributed by atoms with Gasteiger partial charge in [-0.3, -0.25) is 10.1 Å².